The molecule has 5 aromatic rings. The van der Waals surface area contributed by atoms with Gasteiger partial charge in [0.2, 0.25) is 0 Å². The summed E-state index contributed by atoms with van der Waals surface area (Å²) in [6.07, 6.45) is 1.42. The van der Waals surface area contributed by atoms with E-state index in [2.05, 4.69) is 9.97 Å². The summed E-state index contributed by atoms with van der Waals surface area (Å²) < 4.78 is 2.26. The van der Waals surface area contributed by atoms with Crippen LogP contribution in [0.3, 0.4) is 0 Å². The van der Waals surface area contributed by atoms with Crippen molar-refractivity contribution in [3.05, 3.63) is 86.4 Å². The summed E-state index contributed by atoms with van der Waals surface area (Å²) in [7, 11) is 0. The lowest BCUT2D eigenvalue weighted by Gasteiger charge is -2.07. The van der Waals surface area contributed by atoms with Gasteiger partial charge in [-0.25, -0.2) is 9.97 Å². The van der Waals surface area contributed by atoms with Crippen LogP contribution in [0.1, 0.15) is 15.4 Å². The molecular formula is C25H18N4O2S2. The van der Waals surface area contributed by atoms with E-state index in [9.17, 15) is 15.2 Å². The Balaban J connectivity index is 1.60. The van der Waals surface area contributed by atoms with E-state index in [0.717, 1.165) is 31.8 Å². The molecule has 0 atom stereocenters. The molecule has 0 amide bonds. The van der Waals surface area contributed by atoms with Crippen molar-refractivity contribution in [2.24, 2.45) is 0 Å². The molecular weight excluding hydrogens is 452 g/mol. The number of rotatable bonds is 4. The van der Waals surface area contributed by atoms with Gasteiger partial charge in [0.1, 0.15) is 27.2 Å². The van der Waals surface area contributed by atoms with Crippen LogP contribution in [0.5, 0.6) is 0 Å². The summed E-state index contributed by atoms with van der Waals surface area (Å²) >= 11 is 2.80. The second-order valence-corrected chi connectivity index (χ2v) is 9.91. The van der Waals surface area contributed by atoms with Gasteiger partial charge in [0.25, 0.3) is 5.56 Å². The van der Waals surface area contributed by atoms with Crippen molar-refractivity contribution in [1.82, 2.24) is 14.5 Å². The molecule has 2 aromatic carbocycles. The molecule has 3 heterocycles. The topological polar surface area (TPSA) is 91.8 Å². The van der Waals surface area contributed by atoms with Crippen molar-refractivity contribution in [3.63, 3.8) is 0 Å². The molecule has 0 unspecified atom stereocenters. The number of aliphatic hydroxyl groups is 1. The average Bonchev–Trinajstić information content (AvgIpc) is 3.37. The molecule has 5 rings (SSSR count). The lowest BCUT2D eigenvalue weighted by molar-refractivity contribution is 0.376. The number of allylic oxidation sites excluding steroid dienone is 2. The van der Waals surface area contributed by atoms with E-state index in [1.54, 1.807) is 0 Å². The number of thiazole rings is 1. The van der Waals surface area contributed by atoms with E-state index in [1.807, 2.05) is 68.4 Å². The third-order valence-electron chi connectivity index (χ3n) is 5.42. The van der Waals surface area contributed by atoms with E-state index < -0.39 is 0 Å². The van der Waals surface area contributed by atoms with Crippen LogP contribution in [-0.2, 0) is 6.54 Å². The maximum Gasteiger partial charge on any atom is 0.263 e. The van der Waals surface area contributed by atoms with Crippen LogP contribution in [0.4, 0.5) is 0 Å². The quantitative estimate of drug-likeness (QED) is 0.263. The van der Waals surface area contributed by atoms with Crippen molar-refractivity contribution in [3.8, 4) is 17.2 Å². The highest BCUT2D eigenvalue weighted by atomic mass is 32.1. The van der Waals surface area contributed by atoms with E-state index in [4.69, 9.17) is 0 Å². The lowest BCUT2D eigenvalue weighted by atomic mass is 10.0. The van der Waals surface area contributed by atoms with E-state index in [0.29, 0.717) is 15.2 Å². The number of hydrogen-bond donors (Lipinski definition) is 1. The minimum atomic E-state index is -0.256. The molecule has 0 fully saturated rings. The zero-order valence-electron chi connectivity index (χ0n) is 17.9. The molecule has 162 valence electrons. The van der Waals surface area contributed by atoms with Crippen LogP contribution in [0, 0.1) is 25.2 Å². The molecule has 1 N–H and O–H groups in total. The molecule has 8 heteroatoms. The zero-order valence-corrected chi connectivity index (χ0v) is 19.5. The van der Waals surface area contributed by atoms with E-state index >= 15 is 0 Å². The predicted octanol–water partition coefficient (Wildman–Crippen LogP) is 5.84. The molecule has 3 aromatic heterocycles. The van der Waals surface area contributed by atoms with Crippen LogP contribution in [-0.4, -0.2) is 19.6 Å². The lowest BCUT2D eigenvalue weighted by Crippen LogP contribution is -2.21. The van der Waals surface area contributed by atoms with Gasteiger partial charge in [0, 0.05) is 10.4 Å². The molecule has 0 radical (unpaired) electrons. The van der Waals surface area contributed by atoms with Gasteiger partial charge in [-0.15, -0.1) is 22.7 Å². The largest absolute Gasteiger partial charge is 0.509 e. The SMILES string of the molecule is Cc1ccc(-c2c(C)sc3ncn(C/C(O)=C(\C#N)c4nc5ccccc5s4)c(=O)c23)cc1. The predicted molar refractivity (Wildman–Crippen MR) is 134 cm³/mol. The third kappa shape index (κ3) is 3.71. The van der Waals surface area contributed by atoms with Gasteiger partial charge < -0.3 is 5.11 Å². The number of nitrogens with zero attached hydrogens (tertiary/aromatic N) is 4. The molecule has 0 saturated carbocycles. The van der Waals surface area contributed by atoms with E-state index in [1.165, 1.54) is 33.6 Å². The van der Waals surface area contributed by atoms with Gasteiger partial charge in [0.15, 0.2) is 0 Å². The second kappa shape index (κ2) is 8.28. The highest BCUT2D eigenvalue weighted by Crippen LogP contribution is 2.35. The van der Waals surface area contributed by atoms with Gasteiger partial charge in [-0.2, -0.15) is 5.26 Å². The van der Waals surface area contributed by atoms with Crippen molar-refractivity contribution in [2.75, 3.05) is 0 Å². The van der Waals surface area contributed by atoms with Crippen LogP contribution in [0.2, 0.25) is 0 Å². The number of aliphatic hydroxyl groups excluding tert-OH is 1. The summed E-state index contributed by atoms with van der Waals surface area (Å²) in [4.78, 5) is 24.0. The minimum Gasteiger partial charge on any atom is -0.509 e. The number of aryl methyl sites for hydroxylation is 2. The number of fused-ring (bicyclic) bond motifs is 2. The number of benzene rings is 2. The maximum atomic E-state index is 13.4. The van der Waals surface area contributed by atoms with Crippen molar-refractivity contribution in [2.45, 2.75) is 20.4 Å². The highest BCUT2D eigenvalue weighted by Gasteiger charge is 2.19. The van der Waals surface area contributed by atoms with E-state index in [-0.39, 0.29) is 23.4 Å². The van der Waals surface area contributed by atoms with Crippen LogP contribution < -0.4 is 5.56 Å². The zero-order chi connectivity index (χ0) is 23.1. The summed E-state index contributed by atoms with van der Waals surface area (Å²) in [5.41, 5.74) is 3.51. The van der Waals surface area contributed by atoms with Crippen molar-refractivity contribution < 1.29 is 5.11 Å². The number of hydrogen-bond acceptors (Lipinski definition) is 7. The molecule has 0 bridgehead atoms. The normalized spacial score (nSPS) is 12.2. The molecule has 0 aliphatic heterocycles. The van der Waals surface area contributed by atoms with Gasteiger partial charge in [-0.3, -0.25) is 9.36 Å². The Morgan fingerprint density at radius 2 is 1.88 bits per heavy atom. The number of nitriles is 1. The first-order valence-corrected chi connectivity index (χ1v) is 11.8. The molecule has 0 spiro atoms. The second-order valence-electron chi connectivity index (χ2n) is 7.68. The summed E-state index contributed by atoms with van der Waals surface area (Å²) in [6.45, 7) is 3.83. The Kier molecular flexibility index (Phi) is 5.29. The number of para-hydroxylation sites is 1. The highest BCUT2D eigenvalue weighted by molar-refractivity contribution is 7.19. The van der Waals surface area contributed by atoms with Crippen LogP contribution >= 0.6 is 22.7 Å². The Labute approximate surface area is 197 Å². The van der Waals surface area contributed by atoms with Gasteiger partial charge in [-0.05, 0) is 31.5 Å². The van der Waals surface area contributed by atoms with Crippen molar-refractivity contribution >= 4 is 48.7 Å². The molecule has 6 nitrogen and oxygen atoms in total. The van der Waals surface area contributed by atoms with Crippen LogP contribution in [0.25, 0.3) is 37.1 Å². The number of thiophene rings is 1. The Morgan fingerprint density at radius 3 is 2.61 bits per heavy atom. The molecule has 33 heavy (non-hydrogen) atoms. The van der Waals surface area contributed by atoms with Gasteiger partial charge >= 0.3 is 0 Å². The van der Waals surface area contributed by atoms with Gasteiger partial charge in [0.05, 0.1) is 28.5 Å². The first-order chi connectivity index (χ1) is 16.0. The summed E-state index contributed by atoms with van der Waals surface area (Å²) in [5, 5.41) is 21.5. The fourth-order valence-corrected chi connectivity index (χ4v) is 5.76. The fraction of sp³-hybridized carbons (Fsp3) is 0.120. The average molecular weight is 471 g/mol. The molecule has 0 saturated heterocycles. The van der Waals surface area contributed by atoms with Crippen LogP contribution in [0.15, 0.2) is 65.4 Å². The summed E-state index contributed by atoms with van der Waals surface area (Å²) in [6, 6.07) is 17.6. The molecule has 0 aliphatic carbocycles. The first-order valence-electron chi connectivity index (χ1n) is 10.2. The minimum absolute atomic E-state index is 0.0588. The maximum absolute atomic E-state index is 13.4. The first kappa shape index (κ1) is 21.1. The molecule has 0 aliphatic rings. The fourth-order valence-electron chi connectivity index (χ4n) is 3.77. The number of aromatic nitrogens is 3. The Bertz CT molecular complexity index is 1620. The third-order valence-corrected chi connectivity index (χ3v) is 7.49. The monoisotopic (exact) mass is 470 g/mol. The Hall–Kier alpha value is -3.80. The standard InChI is InChI=1S/C25H18N4O2S2/c1-14-7-9-16(10-8-14)21-15(2)32-24-22(21)25(31)29(13-27-24)12-19(30)17(11-26)23-28-18-5-3-4-6-20(18)33-23/h3-10,13,30H,12H2,1-2H3/b19-17-. The summed E-state index contributed by atoms with van der Waals surface area (Å²) in [5.74, 6) is -0.219. The van der Waals surface area contributed by atoms with Gasteiger partial charge in [-0.1, -0.05) is 42.0 Å². The Morgan fingerprint density at radius 1 is 1.12 bits per heavy atom. The smallest absolute Gasteiger partial charge is 0.263 e. The van der Waals surface area contributed by atoms with Crippen molar-refractivity contribution in [1.29, 1.82) is 5.26 Å².